The Bertz CT molecular complexity index is 493. The maximum absolute atomic E-state index is 11.7. The van der Waals surface area contributed by atoms with Gasteiger partial charge in [-0.15, -0.1) is 11.8 Å². The van der Waals surface area contributed by atoms with Crippen molar-refractivity contribution in [2.45, 2.75) is 38.0 Å². The largest absolute Gasteiger partial charge is 0.481 e. The molecule has 2 heteroatoms. The Morgan fingerprint density at radius 3 is 2.94 bits per heavy atom. The molecule has 0 fully saturated rings. The van der Waals surface area contributed by atoms with Crippen molar-refractivity contribution in [1.29, 1.82) is 0 Å². The van der Waals surface area contributed by atoms with Gasteiger partial charge in [-0.25, -0.2) is 0 Å². The zero-order chi connectivity index (χ0) is 12.3. The minimum atomic E-state index is -0.794. The van der Waals surface area contributed by atoms with Gasteiger partial charge in [-0.2, -0.15) is 0 Å². The number of rotatable bonds is 2. The van der Waals surface area contributed by atoms with E-state index in [1.54, 1.807) is 6.92 Å². The molecule has 0 heterocycles. The van der Waals surface area contributed by atoms with Gasteiger partial charge in [0.1, 0.15) is 5.41 Å². The molecule has 2 nitrogen and oxygen atoms in total. The fourth-order valence-corrected chi connectivity index (χ4v) is 2.64. The number of aliphatic carboxylic acids is 1. The van der Waals surface area contributed by atoms with Crippen LogP contribution in [0.5, 0.6) is 0 Å². The van der Waals surface area contributed by atoms with Gasteiger partial charge in [-0.1, -0.05) is 24.3 Å². The highest BCUT2D eigenvalue weighted by atomic mass is 16.4. The third-order valence-corrected chi connectivity index (χ3v) is 3.56. The lowest BCUT2D eigenvalue weighted by molar-refractivity contribution is -0.144. The van der Waals surface area contributed by atoms with E-state index in [9.17, 15) is 9.90 Å². The third-order valence-electron chi connectivity index (χ3n) is 3.56. The van der Waals surface area contributed by atoms with Crippen molar-refractivity contribution < 1.29 is 9.90 Å². The molecular formula is C15H16O2. The summed E-state index contributed by atoms with van der Waals surface area (Å²) in [7, 11) is 0. The highest BCUT2D eigenvalue weighted by Gasteiger charge is 2.42. The second kappa shape index (κ2) is 4.63. The first-order valence-corrected chi connectivity index (χ1v) is 5.92. The summed E-state index contributed by atoms with van der Waals surface area (Å²) in [5, 5.41) is 9.59. The minimum Gasteiger partial charge on any atom is -0.481 e. The summed E-state index contributed by atoms with van der Waals surface area (Å²) in [5.41, 5.74) is 1.33. The number of benzene rings is 1. The van der Waals surface area contributed by atoms with Gasteiger partial charge in [0, 0.05) is 6.42 Å². The molecule has 1 unspecified atom stereocenters. The van der Waals surface area contributed by atoms with E-state index in [4.69, 9.17) is 0 Å². The topological polar surface area (TPSA) is 37.3 Å². The van der Waals surface area contributed by atoms with Crippen LogP contribution in [0.1, 0.15) is 37.3 Å². The third kappa shape index (κ3) is 1.93. The van der Waals surface area contributed by atoms with E-state index in [-0.39, 0.29) is 0 Å². The van der Waals surface area contributed by atoms with Gasteiger partial charge in [0.2, 0.25) is 0 Å². The molecule has 2 rings (SSSR count). The maximum Gasteiger partial charge on any atom is 0.315 e. The van der Waals surface area contributed by atoms with E-state index in [2.05, 4.69) is 11.8 Å². The number of aryl methyl sites for hydroxylation is 1. The highest BCUT2D eigenvalue weighted by Crippen LogP contribution is 2.40. The molecule has 0 amide bonds. The zero-order valence-corrected chi connectivity index (χ0v) is 9.99. The Hall–Kier alpha value is -1.75. The van der Waals surface area contributed by atoms with Crippen LogP contribution < -0.4 is 0 Å². The van der Waals surface area contributed by atoms with Crippen LogP contribution in [0.2, 0.25) is 0 Å². The van der Waals surface area contributed by atoms with Gasteiger partial charge in [-0.05, 0) is 37.3 Å². The standard InChI is InChI=1S/C15H16O2/c1-2-3-10-15(14(16)17)11-6-8-12-7-4-5-9-13(12)15/h4-5,7,9H,6,8,10-11H2,1H3,(H,16,17). The molecule has 0 aliphatic heterocycles. The molecule has 0 saturated heterocycles. The number of carboxylic acid groups (broad SMARTS) is 1. The molecule has 1 N–H and O–H groups in total. The van der Waals surface area contributed by atoms with Crippen molar-refractivity contribution in [3.05, 3.63) is 35.4 Å². The van der Waals surface area contributed by atoms with Crippen molar-refractivity contribution in [1.82, 2.24) is 0 Å². The van der Waals surface area contributed by atoms with E-state index in [1.807, 2.05) is 24.3 Å². The van der Waals surface area contributed by atoms with E-state index in [1.165, 1.54) is 5.56 Å². The minimum absolute atomic E-state index is 0.413. The molecule has 1 atom stereocenters. The summed E-state index contributed by atoms with van der Waals surface area (Å²) < 4.78 is 0. The van der Waals surface area contributed by atoms with Crippen LogP contribution in [0.3, 0.4) is 0 Å². The lowest BCUT2D eigenvalue weighted by Crippen LogP contribution is -2.38. The number of hydrogen-bond acceptors (Lipinski definition) is 1. The molecule has 0 radical (unpaired) electrons. The Morgan fingerprint density at radius 1 is 1.47 bits per heavy atom. The molecule has 0 aromatic heterocycles. The number of carbonyl (C=O) groups is 1. The number of carboxylic acids is 1. The van der Waals surface area contributed by atoms with Crippen LogP contribution in [0.4, 0.5) is 0 Å². The molecular weight excluding hydrogens is 212 g/mol. The van der Waals surface area contributed by atoms with E-state index in [0.717, 1.165) is 18.4 Å². The number of fused-ring (bicyclic) bond motifs is 1. The molecule has 88 valence electrons. The summed E-state index contributed by atoms with van der Waals surface area (Å²) in [4.78, 5) is 11.7. The quantitative estimate of drug-likeness (QED) is 0.790. The van der Waals surface area contributed by atoms with E-state index >= 15 is 0 Å². The van der Waals surface area contributed by atoms with Crippen LogP contribution in [-0.2, 0) is 16.6 Å². The van der Waals surface area contributed by atoms with Crippen molar-refractivity contribution in [2.24, 2.45) is 0 Å². The maximum atomic E-state index is 11.7. The van der Waals surface area contributed by atoms with Crippen molar-refractivity contribution in [3.8, 4) is 11.8 Å². The van der Waals surface area contributed by atoms with Crippen LogP contribution in [-0.4, -0.2) is 11.1 Å². The number of hydrogen-bond donors (Lipinski definition) is 1. The summed E-state index contributed by atoms with van der Waals surface area (Å²) in [6.45, 7) is 1.75. The van der Waals surface area contributed by atoms with Gasteiger partial charge >= 0.3 is 5.97 Å². The Labute approximate surface area is 102 Å². The van der Waals surface area contributed by atoms with Crippen molar-refractivity contribution in [2.75, 3.05) is 0 Å². The molecule has 1 aromatic carbocycles. The van der Waals surface area contributed by atoms with Crippen LogP contribution in [0, 0.1) is 11.8 Å². The fourth-order valence-electron chi connectivity index (χ4n) is 2.64. The van der Waals surface area contributed by atoms with Gasteiger partial charge in [0.25, 0.3) is 0 Å². The van der Waals surface area contributed by atoms with Gasteiger partial charge in [0.05, 0.1) is 0 Å². The lowest BCUT2D eigenvalue weighted by Gasteiger charge is -2.34. The Kier molecular flexibility index (Phi) is 3.19. The molecule has 0 spiro atoms. The molecule has 1 aromatic rings. The monoisotopic (exact) mass is 228 g/mol. The molecule has 0 bridgehead atoms. The smallest absolute Gasteiger partial charge is 0.315 e. The molecule has 17 heavy (non-hydrogen) atoms. The van der Waals surface area contributed by atoms with Gasteiger partial charge < -0.3 is 5.11 Å². The molecule has 1 aliphatic rings. The van der Waals surface area contributed by atoms with Gasteiger partial charge in [0.15, 0.2) is 0 Å². The van der Waals surface area contributed by atoms with Gasteiger partial charge in [-0.3, -0.25) is 4.79 Å². The van der Waals surface area contributed by atoms with Crippen molar-refractivity contribution >= 4 is 5.97 Å². The van der Waals surface area contributed by atoms with E-state index in [0.29, 0.717) is 12.8 Å². The molecule has 1 aliphatic carbocycles. The first-order chi connectivity index (χ1) is 8.20. The summed E-state index contributed by atoms with van der Waals surface area (Å²) in [5.74, 6) is 5.02. The Morgan fingerprint density at radius 2 is 2.24 bits per heavy atom. The van der Waals surface area contributed by atoms with Crippen LogP contribution in [0.15, 0.2) is 24.3 Å². The fraction of sp³-hybridized carbons (Fsp3) is 0.400. The first-order valence-electron chi connectivity index (χ1n) is 5.92. The zero-order valence-electron chi connectivity index (χ0n) is 9.99. The molecule has 0 saturated carbocycles. The Balaban J connectivity index is 2.53. The lowest BCUT2D eigenvalue weighted by atomic mass is 9.68. The summed E-state index contributed by atoms with van der Waals surface area (Å²) in [6, 6.07) is 7.87. The first kappa shape index (κ1) is 11.7. The second-order valence-electron chi connectivity index (χ2n) is 4.50. The average Bonchev–Trinajstić information content (AvgIpc) is 2.36. The predicted octanol–water partition coefficient (Wildman–Crippen LogP) is 2.76. The van der Waals surface area contributed by atoms with Crippen LogP contribution in [0.25, 0.3) is 0 Å². The normalized spacial score (nSPS) is 22.2. The summed E-state index contributed by atoms with van der Waals surface area (Å²) >= 11 is 0. The van der Waals surface area contributed by atoms with Crippen molar-refractivity contribution in [3.63, 3.8) is 0 Å². The second-order valence-corrected chi connectivity index (χ2v) is 4.50. The SMILES string of the molecule is CC#CCC1(C(=O)O)CCCc2ccccc21. The average molecular weight is 228 g/mol. The van der Waals surface area contributed by atoms with Crippen LogP contribution >= 0.6 is 0 Å². The highest BCUT2D eigenvalue weighted by molar-refractivity contribution is 5.83. The summed E-state index contributed by atoms with van der Waals surface area (Å²) in [6.07, 6.45) is 3.00. The predicted molar refractivity (Wildman–Crippen MR) is 66.8 cm³/mol. The van der Waals surface area contributed by atoms with E-state index < -0.39 is 11.4 Å².